The third-order valence-electron chi connectivity index (χ3n) is 3.08. The van der Waals surface area contributed by atoms with E-state index >= 15 is 0 Å². The van der Waals surface area contributed by atoms with Crippen molar-refractivity contribution in [3.8, 4) is 11.5 Å². The number of benzene rings is 1. The number of oxime groups is 1. The van der Waals surface area contributed by atoms with Gasteiger partial charge < -0.3 is 14.3 Å². The van der Waals surface area contributed by atoms with Gasteiger partial charge in [0, 0.05) is 18.3 Å². The molecular formula is C19H25Cl4NO3. The number of nitrogens with zero attached hydrogens (tertiary/aromatic N) is 1. The van der Waals surface area contributed by atoms with Crippen molar-refractivity contribution in [1.82, 2.24) is 0 Å². The van der Waals surface area contributed by atoms with E-state index in [1.54, 1.807) is 18.3 Å². The van der Waals surface area contributed by atoms with Gasteiger partial charge in [-0.2, -0.15) is 0 Å². The average Bonchev–Trinajstić information content (AvgIpc) is 2.54. The van der Waals surface area contributed by atoms with Crippen LogP contribution < -0.4 is 9.47 Å². The molecule has 0 heterocycles. The van der Waals surface area contributed by atoms with E-state index in [2.05, 4.69) is 5.16 Å². The number of hydrogen-bond acceptors (Lipinski definition) is 4. The zero-order valence-electron chi connectivity index (χ0n) is 15.7. The molecule has 0 spiro atoms. The largest absolute Gasteiger partial charge is 0.490 e. The van der Waals surface area contributed by atoms with Crippen LogP contribution in [0.1, 0.15) is 46.5 Å². The fourth-order valence-electron chi connectivity index (χ4n) is 1.90. The first-order chi connectivity index (χ1) is 12.7. The minimum Gasteiger partial charge on any atom is -0.490 e. The lowest BCUT2D eigenvalue weighted by Gasteiger charge is -2.14. The Kier molecular flexibility index (Phi) is 11.3. The summed E-state index contributed by atoms with van der Waals surface area (Å²) in [5, 5.41) is 4.74. The molecule has 0 N–H and O–H groups in total. The summed E-state index contributed by atoms with van der Waals surface area (Å²) in [6.45, 7) is 6.63. The predicted molar refractivity (Wildman–Crippen MR) is 115 cm³/mol. The average molecular weight is 457 g/mol. The molecule has 152 valence electrons. The van der Waals surface area contributed by atoms with Gasteiger partial charge in [0.1, 0.15) is 22.4 Å². The van der Waals surface area contributed by atoms with Crippen LogP contribution in [0.15, 0.2) is 27.9 Å². The number of unbranched alkanes of at least 4 members (excludes halogenated alkanes) is 3. The van der Waals surface area contributed by atoms with E-state index < -0.39 is 0 Å². The Labute approximate surface area is 181 Å². The molecule has 0 aliphatic rings. The summed E-state index contributed by atoms with van der Waals surface area (Å²) in [4.78, 5) is 5.28. The molecule has 0 fully saturated rings. The summed E-state index contributed by atoms with van der Waals surface area (Å²) in [5.74, 6) is 0.969. The maximum Gasteiger partial charge on any atom is 0.156 e. The summed E-state index contributed by atoms with van der Waals surface area (Å²) in [6.07, 6.45) is 7.08. The number of ether oxygens (including phenoxy) is 2. The second-order valence-corrected chi connectivity index (χ2v) is 8.53. The lowest BCUT2D eigenvalue weighted by Crippen LogP contribution is -2.15. The monoisotopic (exact) mass is 455 g/mol. The van der Waals surface area contributed by atoms with E-state index in [0.717, 1.165) is 25.7 Å². The molecule has 0 bridgehead atoms. The molecule has 4 nitrogen and oxygen atoms in total. The smallest absolute Gasteiger partial charge is 0.156 e. The van der Waals surface area contributed by atoms with E-state index in [1.165, 1.54) is 6.08 Å². The highest BCUT2D eigenvalue weighted by molar-refractivity contribution is 6.55. The number of halogens is 4. The number of hydrogen-bond donors (Lipinski definition) is 0. The van der Waals surface area contributed by atoms with Gasteiger partial charge in [0.05, 0.1) is 16.7 Å². The summed E-state index contributed by atoms with van der Waals surface area (Å²) >= 11 is 23.5. The molecule has 0 radical (unpaired) electrons. The fraction of sp³-hybridized carbons (Fsp3) is 0.526. The quantitative estimate of drug-likeness (QED) is 0.197. The van der Waals surface area contributed by atoms with Crippen molar-refractivity contribution in [1.29, 1.82) is 0 Å². The second kappa shape index (κ2) is 12.6. The molecule has 1 aromatic carbocycles. The van der Waals surface area contributed by atoms with Crippen LogP contribution in [0.2, 0.25) is 10.0 Å². The van der Waals surface area contributed by atoms with Crippen molar-refractivity contribution < 1.29 is 14.3 Å². The first-order valence-electron chi connectivity index (χ1n) is 8.65. The van der Waals surface area contributed by atoms with Crippen LogP contribution in [0.4, 0.5) is 0 Å². The van der Waals surface area contributed by atoms with Crippen LogP contribution in [-0.4, -0.2) is 25.0 Å². The SMILES string of the molecule is CC(C)(C)ON=CCCCCCOc1c(Cl)cc(OCC=C(Cl)Cl)cc1Cl. The molecule has 0 aromatic heterocycles. The van der Waals surface area contributed by atoms with Crippen LogP contribution in [0.25, 0.3) is 0 Å². The standard InChI is InChI=1S/C19H25Cl4NO3/c1-19(2,3)27-24-9-6-4-5-7-10-26-18-15(20)12-14(13-16(18)21)25-11-8-17(22)23/h8-9,12-13H,4-7,10-11H2,1-3H3. The highest BCUT2D eigenvalue weighted by Crippen LogP contribution is 2.37. The second-order valence-electron chi connectivity index (χ2n) is 6.71. The maximum atomic E-state index is 6.22. The van der Waals surface area contributed by atoms with Gasteiger partial charge in [-0.15, -0.1) is 0 Å². The third-order valence-corrected chi connectivity index (χ3v) is 3.95. The van der Waals surface area contributed by atoms with Crippen molar-refractivity contribution in [2.24, 2.45) is 5.16 Å². The van der Waals surface area contributed by atoms with Gasteiger partial charge in [-0.25, -0.2) is 0 Å². The van der Waals surface area contributed by atoms with Crippen LogP contribution in [0.3, 0.4) is 0 Å². The molecule has 0 saturated carbocycles. The first-order valence-corrected chi connectivity index (χ1v) is 10.2. The van der Waals surface area contributed by atoms with Crippen molar-refractivity contribution in [3.05, 3.63) is 32.7 Å². The van der Waals surface area contributed by atoms with Crippen LogP contribution in [-0.2, 0) is 4.84 Å². The molecule has 8 heteroatoms. The van der Waals surface area contributed by atoms with Gasteiger partial charge in [-0.3, -0.25) is 0 Å². The van der Waals surface area contributed by atoms with E-state index in [1.807, 2.05) is 20.8 Å². The van der Waals surface area contributed by atoms with Crippen molar-refractivity contribution in [3.63, 3.8) is 0 Å². The Morgan fingerprint density at radius 1 is 1.04 bits per heavy atom. The van der Waals surface area contributed by atoms with Gasteiger partial charge in [0.25, 0.3) is 0 Å². The maximum absolute atomic E-state index is 6.22. The van der Waals surface area contributed by atoms with E-state index in [4.69, 9.17) is 60.7 Å². The Morgan fingerprint density at radius 2 is 1.70 bits per heavy atom. The highest BCUT2D eigenvalue weighted by atomic mass is 35.5. The third kappa shape index (κ3) is 11.6. The van der Waals surface area contributed by atoms with Gasteiger partial charge in [-0.05, 0) is 52.5 Å². The minimum absolute atomic E-state index is 0.139. The van der Waals surface area contributed by atoms with Gasteiger partial charge in [0.2, 0.25) is 0 Å². The molecule has 0 saturated heterocycles. The Morgan fingerprint density at radius 3 is 2.30 bits per heavy atom. The van der Waals surface area contributed by atoms with E-state index in [9.17, 15) is 0 Å². The molecular weight excluding hydrogens is 432 g/mol. The van der Waals surface area contributed by atoms with Gasteiger partial charge >= 0.3 is 0 Å². The van der Waals surface area contributed by atoms with E-state index in [0.29, 0.717) is 28.2 Å². The number of rotatable bonds is 11. The summed E-state index contributed by atoms with van der Waals surface area (Å²) in [7, 11) is 0. The lowest BCUT2D eigenvalue weighted by atomic mass is 10.2. The molecule has 27 heavy (non-hydrogen) atoms. The fourth-order valence-corrected chi connectivity index (χ4v) is 2.60. The summed E-state index contributed by atoms with van der Waals surface area (Å²) in [5.41, 5.74) is -0.253. The highest BCUT2D eigenvalue weighted by Gasteiger charge is 2.11. The molecule has 0 aliphatic heterocycles. The normalized spacial score (nSPS) is 11.5. The van der Waals surface area contributed by atoms with Crippen molar-refractivity contribution >= 4 is 52.6 Å². The van der Waals surface area contributed by atoms with Gasteiger partial charge in [0.15, 0.2) is 5.75 Å². The van der Waals surface area contributed by atoms with Crippen LogP contribution >= 0.6 is 46.4 Å². The Bertz CT molecular complexity index is 615. The molecule has 0 amide bonds. The van der Waals surface area contributed by atoms with Crippen LogP contribution in [0, 0.1) is 0 Å². The molecule has 0 unspecified atom stereocenters. The minimum atomic E-state index is -0.253. The summed E-state index contributed by atoms with van der Waals surface area (Å²) in [6, 6.07) is 3.29. The molecule has 0 atom stereocenters. The lowest BCUT2D eigenvalue weighted by molar-refractivity contribution is 0.00156. The topological polar surface area (TPSA) is 40.0 Å². The van der Waals surface area contributed by atoms with Crippen LogP contribution in [0.5, 0.6) is 11.5 Å². The van der Waals surface area contributed by atoms with Crippen molar-refractivity contribution in [2.75, 3.05) is 13.2 Å². The molecule has 0 aliphatic carbocycles. The molecule has 1 aromatic rings. The van der Waals surface area contributed by atoms with Gasteiger partial charge in [-0.1, -0.05) is 51.6 Å². The first kappa shape index (κ1) is 24.2. The van der Waals surface area contributed by atoms with E-state index in [-0.39, 0.29) is 16.7 Å². The molecule has 1 rings (SSSR count). The van der Waals surface area contributed by atoms with Crippen molar-refractivity contribution in [2.45, 2.75) is 52.1 Å². The zero-order chi connectivity index (χ0) is 20.3. The Balaban J connectivity index is 2.31. The predicted octanol–water partition coefficient (Wildman–Crippen LogP) is 7.43. The zero-order valence-corrected chi connectivity index (χ0v) is 18.8. The summed E-state index contributed by atoms with van der Waals surface area (Å²) < 4.78 is 11.3. The Hall–Kier alpha value is -0.810.